The number of benzene rings is 1. The summed E-state index contributed by atoms with van der Waals surface area (Å²) in [5.74, 6) is -1.52. The van der Waals surface area contributed by atoms with E-state index < -0.39 is 17.3 Å². The molecule has 0 radical (unpaired) electrons. The Labute approximate surface area is 177 Å². The molecule has 4 rings (SSSR count). The van der Waals surface area contributed by atoms with Crippen LogP contribution in [0, 0.1) is 17.1 Å². The molecule has 0 bridgehead atoms. The maximum atomic E-state index is 14.1. The van der Waals surface area contributed by atoms with Crippen LogP contribution < -0.4 is 15.6 Å². The van der Waals surface area contributed by atoms with E-state index in [2.05, 4.69) is 10.3 Å². The van der Waals surface area contributed by atoms with E-state index in [0.29, 0.717) is 0 Å². The molecule has 2 heterocycles. The number of amides is 1. The highest BCUT2D eigenvalue weighted by Gasteiger charge is 2.21. The van der Waals surface area contributed by atoms with Gasteiger partial charge in [-0.3, -0.25) is 14.0 Å². The summed E-state index contributed by atoms with van der Waals surface area (Å²) in [4.78, 5) is 30.0. The molecule has 0 saturated heterocycles. The van der Waals surface area contributed by atoms with Gasteiger partial charge in [0.05, 0.1) is 0 Å². The van der Waals surface area contributed by atoms with Crippen molar-refractivity contribution >= 4 is 17.6 Å². The molecular weight excluding hydrogens is 399 g/mol. The van der Waals surface area contributed by atoms with Crippen molar-refractivity contribution in [2.45, 2.75) is 31.7 Å². The van der Waals surface area contributed by atoms with Crippen LogP contribution in [0.1, 0.15) is 31.2 Å². The van der Waals surface area contributed by atoms with E-state index in [-0.39, 0.29) is 34.5 Å². The van der Waals surface area contributed by atoms with E-state index >= 15 is 0 Å². The summed E-state index contributed by atoms with van der Waals surface area (Å²) in [6, 6.07) is 12.5. The van der Waals surface area contributed by atoms with E-state index in [4.69, 9.17) is 4.74 Å². The third-order valence-electron chi connectivity index (χ3n) is 5.12. The molecule has 156 valence electrons. The zero-order chi connectivity index (χ0) is 21.8. The molecule has 0 atom stereocenters. The second kappa shape index (κ2) is 8.79. The molecule has 1 saturated carbocycles. The van der Waals surface area contributed by atoms with Crippen LogP contribution in [-0.4, -0.2) is 21.3 Å². The fraction of sp³-hybridized carbons (Fsp3) is 0.217. The molecule has 8 heteroatoms. The molecular formula is C23H19FN4O3. The smallest absolute Gasteiger partial charge is 0.269 e. The minimum Gasteiger partial charge on any atom is -0.435 e. The highest BCUT2D eigenvalue weighted by Crippen LogP contribution is 2.26. The van der Waals surface area contributed by atoms with E-state index in [0.717, 1.165) is 31.8 Å². The quantitative estimate of drug-likeness (QED) is 0.505. The number of fused-ring (bicyclic) bond motifs is 1. The Balaban J connectivity index is 1.80. The predicted molar refractivity (Wildman–Crippen MR) is 112 cm³/mol. The number of nitrogens with one attached hydrogen (secondary N) is 1. The van der Waals surface area contributed by atoms with Crippen molar-refractivity contribution in [3.05, 3.63) is 76.0 Å². The van der Waals surface area contributed by atoms with Crippen molar-refractivity contribution in [2.24, 2.45) is 0 Å². The van der Waals surface area contributed by atoms with Crippen LogP contribution in [0.5, 0.6) is 11.6 Å². The maximum absolute atomic E-state index is 14.1. The van der Waals surface area contributed by atoms with Gasteiger partial charge in [-0.05, 0) is 43.2 Å². The molecule has 1 aliphatic carbocycles. The minimum atomic E-state index is -0.632. The van der Waals surface area contributed by atoms with Crippen molar-refractivity contribution in [1.29, 1.82) is 5.26 Å². The summed E-state index contributed by atoms with van der Waals surface area (Å²) in [6.07, 6.45) is 6.41. The SMILES string of the molecule is N#C/C(=C\c1c(Oc2ccccc2F)nc2ccccn2c1=O)C(=O)NC1CCCC1. The van der Waals surface area contributed by atoms with Gasteiger partial charge in [0.15, 0.2) is 11.6 Å². The van der Waals surface area contributed by atoms with Crippen molar-refractivity contribution in [3.8, 4) is 17.7 Å². The number of nitrogens with zero attached hydrogens (tertiary/aromatic N) is 3. The lowest BCUT2D eigenvalue weighted by Gasteiger charge is -2.12. The molecule has 3 aromatic rings. The van der Waals surface area contributed by atoms with Gasteiger partial charge < -0.3 is 10.1 Å². The van der Waals surface area contributed by atoms with E-state index in [1.807, 2.05) is 6.07 Å². The second-order valence-electron chi connectivity index (χ2n) is 7.22. The molecule has 1 fully saturated rings. The molecule has 1 N–H and O–H groups in total. The summed E-state index contributed by atoms with van der Waals surface area (Å²) >= 11 is 0. The number of hydrogen-bond donors (Lipinski definition) is 1. The van der Waals surface area contributed by atoms with Crippen molar-refractivity contribution in [3.63, 3.8) is 0 Å². The Hall–Kier alpha value is -3.99. The highest BCUT2D eigenvalue weighted by atomic mass is 19.1. The number of pyridine rings is 1. The maximum Gasteiger partial charge on any atom is 0.269 e. The summed E-state index contributed by atoms with van der Waals surface area (Å²) in [6.45, 7) is 0. The van der Waals surface area contributed by atoms with Gasteiger partial charge in [-0.15, -0.1) is 0 Å². The number of rotatable bonds is 5. The first-order chi connectivity index (χ1) is 15.1. The number of halogens is 1. The third kappa shape index (κ3) is 4.31. The van der Waals surface area contributed by atoms with Gasteiger partial charge >= 0.3 is 0 Å². The zero-order valence-electron chi connectivity index (χ0n) is 16.5. The number of carbonyl (C=O) groups excluding carboxylic acids is 1. The summed E-state index contributed by atoms with van der Waals surface area (Å²) < 4.78 is 21.0. The molecule has 1 aliphatic rings. The lowest BCUT2D eigenvalue weighted by molar-refractivity contribution is -0.117. The van der Waals surface area contributed by atoms with Crippen LogP contribution in [0.3, 0.4) is 0 Å². The summed E-state index contributed by atoms with van der Waals surface area (Å²) in [5, 5.41) is 12.4. The predicted octanol–water partition coefficient (Wildman–Crippen LogP) is 3.59. The molecule has 0 unspecified atom stereocenters. The van der Waals surface area contributed by atoms with Gasteiger partial charge in [-0.2, -0.15) is 10.2 Å². The van der Waals surface area contributed by atoms with Gasteiger partial charge in [-0.1, -0.05) is 31.0 Å². The number of para-hydroxylation sites is 1. The topological polar surface area (TPSA) is 96.5 Å². The highest BCUT2D eigenvalue weighted by molar-refractivity contribution is 6.02. The Morgan fingerprint density at radius 1 is 1.23 bits per heavy atom. The van der Waals surface area contributed by atoms with E-state index in [9.17, 15) is 19.2 Å². The lowest BCUT2D eigenvalue weighted by Crippen LogP contribution is -2.33. The standard InChI is InChI=1S/C23H19FN4O3/c24-18-9-3-4-10-19(18)31-22-17(23(30)28-12-6-5-11-20(28)27-22)13-15(14-25)21(29)26-16-7-1-2-8-16/h3-6,9-13,16H,1-2,7-8H2,(H,26,29)/b15-13+. The molecule has 31 heavy (non-hydrogen) atoms. The van der Waals surface area contributed by atoms with Crippen LogP contribution in [0.25, 0.3) is 11.7 Å². The number of carbonyl (C=O) groups is 1. The number of aromatic nitrogens is 2. The molecule has 7 nitrogen and oxygen atoms in total. The Morgan fingerprint density at radius 3 is 2.71 bits per heavy atom. The largest absolute Gasteiger partial charge is 0.435 e. The van der Waals surface area contributed by atoms with Crippen LogP contribution in [0.4, 0.5) is 4.39 Å². The molecule has 0 aliphatic heterocycles. The Bertz CT molecular complexity index is 1270. The Kier molecular flexibility index (Phi) is 5.76. The van der Waals surface area contributed by atoms with E-state index in [1.54, 1.807) is 24.3 Å². The van der Waals surface area contributed by atoms with Crippen LogP contribution in [0.15, 0.2) is 59.0 Å². The van der Waals surface area contributed by atoms with Crippen LogP contribution >= 0.6 is 0 Å². The normalized spacial score (nSPS) is 14.4. The lowest BCUT2D eigenvalue weighted by atomic mass is 10.1. The number of hydrogen-bond acceptors (Lipinski definition) is 5. The average molecular weight is 418 g/mol. The van der Waals surface area contributed by atoms with Crippen molar-refractivity contribution < 1.29 is 13.9 Å². The van der Waals surface area contributed by atoms with Gasteiger partial charge in [0.2, 0.25) is 5.88 Å². The van der Waals surface area contributed by atoms with Gasteiger partial charge in [-0.25, -0.2) is 4.39 Å². The molecule has 1 aromatic carbocycles. The van der Waals surface area contributed by atoms with Crippen molar-refractivity contribution in [1.82, 2.24) is 14.7 Å². The van der Waals surface area contributed by atoms with Crippen molar-refractivity contribution in [2.75, 3.05) is 0 Å². The number of nitriles is 1. The first-order valence-electron chi connectivity index (χ1n) is 9.93. The molecule has 2 aromatic heterocycles. The summed E-state index contributed by atoms with van der Waals surface area (Å²) in [5.41, 5.74) is -0.631. The fourth-order valence-electron chi connectivity index (χ4n) is 3.54. The first kappa shape index (κ1) is 20.3. The van der Waals surface area contributed by atoms with Gasteiger partial charge in [0, 0.05) is 12.2 Å². The zero-order valence-corrected chi connectivity index (χ0v) is 16.5. The summed E-state index contributed by atoms with van der Waals surface area (Å²) in [7, 11) is 0. The van der Waals surface area contributed by atoms with Gasteiger partial charge in [0.25, 0.3) is 11.5 Å². The minimum absolute atomic E-state index is 0.00853. The monoisotopic (exact) mass is 418 g/mol. The molecule has 1 amide bonds. The fourth-order valence-corrected chi connectivity index (χ4v) is 3.54. The molecule has 0 spiro atoms. The number of ether oxygens (including phenoxy) is 1. The average Bonchev–Trinajstić information content (AvgIpc) is 3.28. The van der Waals surface area contributed by atoms with E-state index in [1.165, 1.54) is 28.8 Å². The third-order valence-corrected chi connectivity index (χ3v) is 5.12. The van der Waals surface area contributed by atoms with Crippen LogP contribution in [0.2, 0.25) is 0 Å². The van der Waals surface area contributed by atoms with Gasteiger partial charge in [0.1, 0.15) is 22.9 Å². The Morgan fingerprint density at radius 2 is 1.97 bits per heavy atom. The first-order valence-corrected chi connectivity index (χ1v) is 9.93. The second-order valence-corrected chi connectivity index (χ2v) is 7.22. The van der Waals surface area contributed by atoms with Crippen LogP contribution in [-0.2, 0) is 4.79 Å².